The van der Waals surface area contributed by atoms with Gasteiger partial charge in [0.05, 0.1) is 17.8 Å². The van der Waals surface area contributed by atoms with Crippen LogP contribution in [0.15, 0.2) is 23.1 Å². The van der Waals surface area contributed by atoms with E-state index in [2.05, 4.69) is 4.72 Å². The van der Waals surface area contributed by atoms with Crippen LogP contribution in [0.1, 0.15) is 18.4 Å². The molecular formula is C14H22N2O5S2. The Bertz CT molecular complexity index is 753. The van der Waals surface area contributed by atoms with Crippen molar-refractivity contribution in [3.8, 4) is 5.75 Å². The third kappa shape index (κ3) is 4.43. The predicted octanol–water partition coefficient (Wildman–Crippen LogP) is 0.708. The van der Waals surface area contributed by atoms with Crippen LogP contribution < -0.4 is 9.46 Å². The van der Waals surface area contributed by atoms with Crippen LogP contribution in [-0.4, -0.2) is 53.6 Å². The molecular weight excluding hydrogens is 340 g/mol. The van der Waals surface area contributed by atoms with Gasteiger partial charge in [0.1, 0.15) is 5.75 Å². The number of nitrogens with one attached hydrogen (secondary N) is 1. The standard InChI is InChI=1S/C14H22N2O5S2/c1-12-11-13(21-2)5-6-14(12)23(19,20)15-7-10-22(17,18)16-8-3-4-9-16/h5-6,11,15H,3-4,7-10H2,1-2H3. The molecule has 130 valence electrons. The maximum atomic E-state index is 12.3. The molecule has 2 rings (SSSR count). The second-order valence-electron chi connectivity index (χ2n) is 5.45. The van der Waals surface area contributed by atoms with Gasteiger partial charge in [0.15, 0.2) is 0 Å². The Hall–Kier alpha value is -1.16. The van der Waals surface area contributed by atoms with Crippen molar-refractivity contribution in [2.24, 2.45) is 0 Å². The largest absolute Gasteiger partial charge is 0.497 e. The van der Waals surface area contributed by atoms with Crippen LogP contribution in [-0.2, 0) is 20.0 Å². The zero-order valence-electron chi connectivity index (χ0n) is 13.3. The van der Waals surface area contributed by atoms with Gasteiger partial charge in [0.2, 0.25) is 20.0 Å². The molecule has 7 nitrogen and oxygen atoms in total. The lowest BCUT2D eigenvalue weighted by Gasteiger charge is -2.16. The fourth-order valence-corrected chi connectivity index (χ4v) is 5.35. The van der Waals surface area contributed by atoms with E-state index in [-0.39, 0.29) is 17.2 Å². The normalized spacial score (nSPS) is 16.6. The zero-order chi connectivity index (χ0) is 17.1. The third-order valence-electron chi connectivity index (χ3n) is 3.78. The van der Waals surface area contributed by atoms with E-state index in [0.29, 0.717) is 24.4 Å². The number of hydrogen-bond donors (Lipinski definition) is 1. The predicted molar refractivity (Wildman–Crippen MR) is 87.5 cm³/mol. The lowest BCUT2D eigenvalue weighted by atomic mass is 10.2. The van der Waals surface area contributed by atoms with Crippen molar-refractivity contribution in [3.05, 3.63) is 23.8 Å². The van der Waals surface area contributed by atoms with E-state index < -0.39 is 20.0 Å². The minimum absolute atomic E-state index is 0.122. The first-order chi connectivity index (χ1) is 10.8. The average Bonchev–Trinajstić information content (AvgIpc) is 3.01. The quantitative estimate of drug-likeness (QED) is 0.771. The molecule has 0 amide bonds. The lowest BCUT2D eigenvalue weighted by Crippen LogP contribution is -2.36. The van der Waals surface area contributed by atoms with Crippen molar-refractivity contribution >= 4 is 20.0 Å². The summed E-state index contributed by atoms with van der Waals surface area (Å²) < 4.78 is 57.6. The number of benzene rings is 1. The molecule has 0 radical (unpaired) electrons. The Labute approximate surface area is 137 Å². The number of ether oxygens (including phenoxy) is 1. The first kappa shape index (κ1) is 18.2. The SMILES string of the molecule is COc1ccc(S(=O)(=O)NCCS(=O)(=O)N2CCCC2)c(C)c1. The lowest BCUT2D eigenvalue weighted by molar-refractivity contribution is 0.414. The van der Waals surface area contributed by atoms with Crippen LogP contribution in [0.5, 0.6) is 5.75 Å². The summed E-state index contributed by atoms with van der Waals surface area (Å²) >= 11 is 0. The number of sulfonamides is 2. The molecule has 1 fully saturated rings. The van der Waals surface area contributed by atoms with Crippen molar-refractivity contribution in [2.45, 2.75) is 24.7 Å². The fraction of sp³-hybridized carbons (Fsp3) is 0.571. The highest BCUT2D eigenvalue weighted by molar-refractivity contribution is 7.90. The molecule has 1 aromatic rings. The van der Waals surface area contributed by atoms with Crippen molar-refractivity contribution in [3.63, 3.8) is 0 Å². The fourth-order valence-electron chi connectivity index (χ4n) is 2.53. The highest BCUT2D eigenvalue weighted by Crippen LogP contribution is 2.20. The van der Waals surface area contributed by atoms with E-state index in [9.17, 15) is 16.8 Å². The molecule has 0 atom stereocenters. The number of rotatable bonds is 7. The Morgan fingerprint density at radius 2 is 1.83 bits per heavy atom. The summed E-state index contributed by atoms with van der Waals surface area (Å²) in [6.07, 6.45) is 1.71. The molecule has 0 saturated carbocycles. The zero-order valence-corrected chi connectivity index (χ0v) is 14.9. The van der Waals surface area contributed by atoms with Gasteiger partial charge in [0, 0.05) is 19.6 Å². The van der Waals surface area contributed by atoms with Gasteiger partial charge in [-0.1, -0.05) is 0 Å². The minimum atomic E-state index is -3.75. The van der Waals surface area contributed by atoms with Crippen molar-refractivity contribution in [1.29, 1.82) is 0 Å². The van der Waals surface area contributed by atoms with E-state index in [0.717, 1.165) is 12.8 Å². The van der Waals surface area contributed by atoms with Crippen LogP contribution >= 0.6 is 0 Å². The second-order valence-corrected chi connectivity index (χ2v) is 9.28. The third-order valence-corrected chi connectivity index (χ3v) is 7.28. The number of hydrogen-bond acceptors (Lipinski definition) is 5. The summed E-state index contributed by atoms with van der Waals surface area (Å²) in [6.45, 7) is 2.56. The molecule has 0 spiro atoms. The van der Waals surface area contributed by atoms with Crippen molar-refractivity contribution in [1.82, 2.24) is 9.03 Å². The smallest absolute Gasteiger partial charge is 0.240 e. The van der Waals surface area contributed by atoms with E-state index in [1.54, 1.807) is 19.1 Å². The van der Waals surface area contributed by atoms with E-state index in [1.165, 1.54) is 17.5 Å². The summed E-state index contributed by atoms with van der Waals surface area (Å²) in [7, 11) is -5.65. The van der Waals surface area contributed by atoms with Gasteiger partial charge in [-0.15, -0.1) is 0 Å². The van der Waals surface area contributed by atoms with Gasteiger partial charge in [0.25, 0.3) is 0 Å². The maximum Gasteiger partial charge on any atom is 0.240 e. The van der Waals surface area contributed by atoms with Crippen LogP contribution in [0.25, 0.3) is 0 Å². The van der Waals surface area contributed by atoms with Crippen LogP contribution in [0.2, 0.25) is 0 Å². The van der Waals surface area contributed by atoms with Gasteiger partial charge < -0.3 is 4.74 Å². The maximum absolute atomic E-state index is 12.3. The molecule has 1 N–H and O–H groups in total. The summed E-state index contributed by atoms with van der Waals surface area (Å²) in [5.74, 6) is 0.333. The molecule has 23 heavy (non-hydrogen) atoms. The molecule has 1 heterocycles. The van der Waals surface area contributed by atoms with E-state index >= 15 is 0 Å². The van der Waals surface area contributed by atoms with Crippen LogP contribution in [0, 0.1) is 6.92 Å². The molecule has 0 bridgehead atoms. The van der Waals surface area contributed by atoms with Gasteiger partial charge in [-0.25, -0.2) is 25.9 Å². The van der Waals surface area contributed by atoms with E-state index in [4.69, 9.17) is 4.74 Å². The number of methoxy groups -OCH3 is 1. The minimum Gasteiger partial charge on any atom is -0.497 e. The molecule has 1 aliphatic rings. The summed E-state index contributed by atoms with van der Waals surface area (Å²) in [5.41, 5.74) is 0.541. The molecule has 9 heteroatoms. The topological polar surface area (TPSA) is 92.8 Å². The number of nitrogens with zero attached hydrogens (tertiary/aromatic N) is 1. The van der Waals surface area contributed by atoms with Gasteiger partial charge in [-0.3, -0.25) is 0 Å². The first-order valence-corrected chi connectivity index (χ1v) is 10.5. The molecule has 1 saturated heterocycles. The van der Waals surface area contributed by atoms with Crippen LogP contribution in [0.3, 0.4) is 0 Å². The Morgan fingerprint density at radius 3 is 2.39 bits per heavy atom. The number of aryl methyl sites for hydroxylation is 1. The second kappa shape index (κ2) is 7.16. The molecule has 0 aromatic heterocycles. The molecule has 0 aliphatic carbocycles. The van der Waals surface area contributed by atoms with Gasteiger partial charge in [-0.05, 0) is 43.5 Å². The monoisotopic (exact) mass is 362 g/mol. The summed E-state index contributed by atoms with van der Waals surface area (Å²) in [5, 5.41) is 0. The highest BCUT2D eigenvalue weighted by Gasteiger charge is 2.26. The Morgan fingerprint density at radius 1 is 1.17 bits per heavy atom. The van der Waals surface area contributed by atoms with Gasteiger partial charge >= 0.3 is 0 Å². The Kier molecular flexibility index (Phi) is 5.66. The van der Waals surface area contributed by atoms with Crippen LogP contribution in [0.4, 0.5) is 0 Å². The molecule has 1 aromatic carbocycles. The molecule has 1 aliphatic heterocycles. The van der Waals surface area contributed by atoms with E-state index in [1.807, 2.05) is 0 Å². The average molecular weight is 362 g/mol. The van der Waals surface area contributed by atoms with Crippen molar-refractivity contribution < 1.29 is 21.6 Å². The molecule has 0 unspecified atom stereocenters. The van der Waals surface area contributed by atoms with Crippen molar-refractivity contribution in [2.75, 3.05) is 32.5 Å². The summed E-state index contributed by atoms with van der Waals surface area (Å²) in [6, 6.07) is 4.63. The van der Waals surface area contributed by atoms with Gasteiger partial charge in [-0.2, -0.15) is 0 Å². The Balaban J connectivity index is 2.02. The summed E-state index contributed by atoms with van der Waals surface area (Å²) in [4.78, 5) is 0.122. The highest BCUT2D eigenvalue weighted by atomic mass is 32.2. The first-order valence-electron chi connectivity index (χ1n) is 7.38.